The molecule has 18 heavy (non-hydrogen) atoms. The summed E-state index contributed by atoms with van der Waals surface area (Å²) in [5.74, 6) is -0.751. The van der Waals surface area contributed by atoms with E-state index in [1.165, 1.54) is 13.2 Å². The van der Waals surface area contributed by atoms with Crippen LogP contribution in [0.5, 0.6) is 0 Å². The highest BCUT2D eigenvalue weighted by atomic mass is 19.1. The average Bonchev–Trinajstić information content (AvgIpc) is 2.39. The van der Waals surface area contributed by atoms with Crippen molar-refractivity contribution in [1.29, 1.82) is 0 Å². The summed E-state index contributed by atoms with van der Waals surface area (Å²) in [6.45, 7) is 0. The van der Waals surface area contributed by atoms with Crippen LogP contribution in [0.4, 0.5) is 4.39 Å². The van der Waals surface area contributed by atoms with Gasteiger partial charge in [0, 0.05) is 0 Å². The van der Waals surface area contributed by atoms with Gasteiger partial charge >= 0.3 is 5.97 Å². The van der Waals surface area contributed by atoms with E-state index in [0.29, 0.717) is 18.4 Å². The third-order valence-corrected chi connectivity index (χ3v) is 3.56. The summed E-state index contributed by atoms with van der Waals surface area (Å²) in [5.41, 5.74) is 0.865. The highest BCUT2D eigenvalue weighted by Gasteiger charge is 2.23. The average molecular weight is 252 g/mol. The molecule has 1 saturated carbocycles. The van der Waals surface area contributed by atoms with Crippen molar-refractivity contribution in [1.82, 2.24) is 0 Å². The first kappa shape index (κ1) is 13.0. The molecule has 3 nitrogen and oxygen atoms in total. The molecule has 1 fully saturated rings. The number of ether oxygens (including phenoxy) is 1. The molecule has 0 aliphatic heterocycles. The number of carbonyl (C=O) groups is 1. The van der Waals surface area contributed by atoms with E-state index in [1.54, 1.807) is 12.1 Å². The van der Waals surface area contributed by atoms with Gasteiger partial charge in [-0.3, -0.25) is 0 Å². The van der Waals surface area contributed by atoms with Crippen LogP contribution in [0.2, 0.25) is 0 Å². The lowest BCUT2D eigenvalue weighted by molar-refractivity contribution is 0.0600. The molecule has 0 radical (unpaired) electrons. The topological polar surface area (TPSA) is 46.5 Å². The molecule has 4 heteroatoms. The summed E-state index contributed by atoms with van der Waals surface area (Å²) in [7, 11) is 1.27. The molecule has 1 aliphatic carbocycles. The number of esters is 1. The Kier molecular flexibility index (Phi) is 3.97. The summed E-state index contributed by atoms with van der Waals surface area (Å²) in [6.07, 6.45) is 2.75. The fraction of sp³-hybridized carbons (Fsp3) is 0.500. The van der Waals surface area contributed by atoms with Crippen LogP contribution >= 0.6 is 0 Å². The molecule has 0 amide bonds. The maximum absolute atomic E-state index is 14.0. The molecule has 0 spiro atoms. The Labute approximate surface area is 106 Å². The zero-order chi connectivity index (χ0) is 13.1. The van der Waals surface area contributed by atoms with Crippen LogP contribution in [0.1, 0.15) is 47.5 Å². The number of rotatable bonds is 2. The van der Waals surface area contributed by atoms with Crippen LogP contribution in [0, 0.1) is 5.82 Å². The van der Waals surface area contributed by atoms with Gasteiger partial charge < -0.3 is 9.84 Å². The second-order valence-corrected chi connectivity index (χ2v) is 4.73. The fourth-order valence-corrected chi connectivity index (χ4v) is 2.49. The maximum atomic E-state index is 14.0. The third kappa shape index (κ3) is 2.70. The van der Waals surface area contributed by atoms with E-state index in [9.17, 15) is 14.3 Å². The van der Waals surface area contributed by atoms with Crippen LogP contribution in [-0.2, 0) is 4.74 Å². The lowest BCUT2D eigenvalue weighted by Gasteiger charge is -2.26. The van der Waals surface area contributed by atoms with Gasteiger partial charge in [-0.15, -0.1) is 0 Å². The van der Waals surface area contributed by atoms with Gasteiger partial charge in [-0.25, -0.2) is 9.18 Å². The lowest BCUT2D eigenvalue weighted by atomic mass is 9.82. The largest absolute Gasteiger partial charge is 0.465 e. The zero-order valence-electron chi connectivity index (χ0n) is 10.4. The van der Waals surface area contributed by atoms with Crippen molar-refractivity contribution >= 4 is 5.97 Å². The highest BCUT2D eigenvalue weighted by molar-refractivity contribution is 5.89. The Morgan fingerprint density at radius 2 is 2.00 bits per heavy atom. The van der Waals surface area contributed by atoms with Crippen molar-refractivity contribution in [2.75, 3.05) is 7.11 Å². The SMILES string of the molecule is COC(=O)c1ccc(C2CCC(O)CC2)c(F)c1. The molecule has 0 atom stereocenters. The number of benzene rings is 1. The van der Waals surface area contributed by atoms with E-state index >= 15 is 0 Å². The van der Waals surface area contributed by atoms with Crippen LogP contribution in [0.15, 0.2) is 18.2 Å². The van der Waals surface area contributed by atoms with Gasteiger partial charge in [0.2, 0.25) is 0 Å². The van der Waals surface area contributed by atoms with E-state index in [2.05, 4.69) is 4.74 Å². The normalized spacial score (nSPS) is 23.7. The lowest BCUT2D eigenvalue weighted by Crippen LogP contribution is -2.18. The van der Waals surface area contributed by atoms with Crippen molar-refractivity contribution in [3.63, 3.8) is 0 Å². The Balaban J connectivity index is 2.17. The molecule has 98 valence electrons. The quantitative estimate of drug-likeness (QED) is 0.823. The molecule has 0 heterocycles. The summed E-state index contributed by atoms with van der Waals surface area (Å²) in [6, 6.07) is 4.48. The summed E-state index contributed by atoms with van der Waals surface area (Å²) in [4.78, 5) is 11.3. The molecule has 1 aromatic carbocycles. The van der Waals surface area contributed by atoms with Gasteiger partial charge in [0.1, 0.15) is 5.82 Å². The molecule has 0 saturated heterocycles. The Bertz CT molecular complexity index is 437. The van der Waals surface area contributed by atoms with Gasteiger partial charge in [-0.2, -0.15) is 0 Å². The fourth-order valence-electron chi connectivity index (χ4n) is 2.49. The van der Waals surface area contributed by atoms with Crippen LogP contribution in [-0.4, -0.2) is 24.3 Å². The minimum absolute atomic E-state index is 0.139. The van der Waals surface area contributed by atoms with Crippen LogP contribution in [0.25, 0.3) is 0 Å². The predicted molar refractivity (Wildman–Crippen MR) is 65.0 cm³/mol. The van der Waals surface area contributed by atoms with Crippen molar-refractivity contribution in [3.8, 4) is 0 Å². The van der Waals surface area contributed by atoms with Crippen molar-refractivity contribution in [2.45, 2.75) is 37.7 Å². The number of carbonyl (C=O) groups excluding carboxylic acids is 1. The molecule has 0 bridgehead atoms. The molecule has 0 aromatic heterocycles. The Morgan fingerprint density at radius 3 is 2.56 bits per heavy atom. The molecule has 1 aliphatic rings. The first-order chi connectivity index (χ1) is 8.61. The summed E-state index contributed by atoms with van der Waals surface area (Å²) >= 11 is 0. The van der Waals surface area contributed by atoms with Gasteiger partial charge in [0.15, 0.2) is 0 Å². The maximum Gasteiger partial charge on any atom is 0.337 e. The van der Waals surface area contributed by atoms with E-state index in [1.807, 2.05) is 0 Å². The standard InChI is InChI=1S/C14H17FO3/c1-18-14(17)10-4-7-12(13(15)8-10)9-2-5-11(16)6-3-9/h4,7-9,11,16H,2-3,5-6H2,1H3. The minimum Gasteiger partial charge on any atom is -0.465 e. The number of methoxy groups -OCH3 is 1. The monoisotopic (exact) mass is 252 g/mol. The zero-order valence-corrected chi connectivity index (χ0v) is 10.4. The van der Waals surface area contributed by atoms with Crippen LogP contribution < -0.4 is 0 Å². The van der Waals surface area contributed by atoms with Gasteiger partial charge in [-0.05, 0) is 49.3 Å². The molecule has 1 aromatic rings. The van der Waals surface area contributed by atoms with E-state index in [-0.39, 0.29) is 23.4 Å². The number of hydrogen-bond donors (Lipinski definition) is 1. The minimum atomic E-state index is -0.528. The highest BCUT2D eigenvalue weighted by Crippen LogP contribution is 2.34. The number of aliphatic hydroxyl groups is 1. The second kappa shape index (κ2) is 5.48. The predicted octanol–water partition coefficient (Wildman–Crippen LogP) is 2.63. The number of aliphatic hydroxyl groups excluding tert-OH is 1. The number of halogens is 1. The van der Waals surface area contributed by atoms with Gasteiger partial charge in [0.05, 0.1) is 18.8 Å². The smallest absolute Gasteiger partial charge is 0.337 e. The Morgan fingerprint density at radius 1 is 1.33 bits per heavy atom. The summed E-state index contributed by atoms with van der Waals surface area (Å²) in [5, 5.41) is 9.44. The van der Waals surface area contributed by atoms with E-state index < -0.39 is 5.97 Å². The van der Waals surface area contributed by atoms with Crippen molar-refractivity contribution in [2.24, 2.45) is 0 Å². The third-order valence-electron chi connectivity index (χ3n) is 3.56. The first-order valence-electron chi connectivity index (χ1n) is 6.17. The summed E-state index contributed by atoms with van der Waals surface area (Å²) < 4.78 is 18.5. The van der Waals surface area contributed by atoms with Crippen LogP contribution in [0.3, 0.4) is 0 Å². The van der Waals surface area contributed by atoms with Crippen molar-refractivity contribution in [3.05, 3.63) is 35.1 Å². The van der Waals surface area contributed by atoms with E-state index in [4.69, 9.17) is 0 Å². The second-order valence-electron chi connectivity index (χ2n) is 4.73. The molecule has 2 rings (SSSR count). The van der Waals surface area contributed by atoms with Gasteiger partial charge in [0.25, 0.3) is 0 Å². The first-order valence-corrected chi connectivity index (χ1v) is 6.17. The molecular weight excluding hydrogens is 235 g/mol. The molecule has 0 unspecified atom stereocenters. The molecule has 1 N–H and O–H groups in total. The van der Waals surface area contributed by atoms with E-state index in [0.717, 1.165) is 12.8 Å². The number of hydrogen-bond acceptors (Lipinski definition) is 3. The Hall–Kier alpha value is -1.42. The van der Waals surface area contributed by atoms with Gasteiger partial charge in [-0.1, -0.05) is 6.07 Å². The van der Waals surface area contributed by atoms with Crippen molar-refractivity contribution < 1.29 is 19.0 Å². The molecular formula is C14H17FO3.